The van der Waals surface area contributed by atoms with Gasteiger partial charge in [-0.2, -0.15) is 0 Å². The molecule has 228 valence electrons. The fourth-order valence-corrected chi connectivity index (χ4v) is 8.68. The van der Waals surface area contributed by atoms with Crippen molar-refractivity contribution in [3.63, 3.8) is 0 Å². The highest BCUT2D eigenvalue weighted by Crippen LogP contribution is 2.54. The third-order valence-electron chi connectivity index (χ3n) is 10.7. The summed E-state index contributed by atoms with van der Waals surface area (Å²) >= 11 is 0. The normalized spacial score (nSPS) is 15.6. The second-order valence-corrected chi connectivity index (χ2v) is 13.2. The SMILES string of the molecule is C1=c2cccc3c2=C2c4c(ccc5oc6cccc-3c6c45)N(c3nc(-c4cccc(-c5ccccc5)c4)nc4c3oc3ccccc34)C2C1. The lowest BCUT2D eigenvalue weighted by atomic mass is 9.89. The Bertz CT molecular complexity index is 3040. The molecular formula is C44H25N3O2. The van der Waals surface area contributed by atoms with E-state index in [2.05, 4.69) is 114 Å². The molecule has 4 heterocycles. The number of benzene rings is 6. The first-order valence-electron chi connectivity index (χ1n) is 16.8. The maximum absolute atomic E-state index is 6.69. The largest absolute Gasteiger partial charge is 0.456 e. The monoisotopic (exact) mass is 627 g/mol. The van der Waals surface area contributed by atoms with Gasteiger partial charge in [0.1, 0.15) is 22.3 Å². The predicted molar refractivity (Wildman–Crippen MR) is 196 cm³/mol. The van der Waals surface area contributed by atoms with Crippen LogP contribution in [-0.2, 0) is 0 Å². The first-order chi connectivity index (χ1) is 24.3. The van der Waals surface area contributed by atoms with Gasteiger partial charge in [0.25, 0.3) is 0 Å². The van der Waals surface area contributed by atoms with Crippen LogP contribution in [0, 0.1) is 0 Å². The van der Waals surface area contributed by atoms with Crippen LogP contribution in [0.1, 0.15) is 12.0 Å². The molecule has 0 amide bonds. The van der Waals surface area contributed by atoms with Gasteiger partial charge in [0.2, 0.25) is 0 Å². The molecule has 6 aromatic carbocycles. The highest BCUT2D eigenvalue weighted by atomic mass is 16.3. The quantitative estimate of drug-likeness (QED) is 0.195. The molecule has 0 N–H and O–H groups in total. The molecule has 2 aliphatic carbocycles. The molecule has 0 fully saturated rings. The van der Waals surface area contributed by atoms with E-state index in [0.29, 0.717) is 11.4 Å². The van der Waals surface area contributed by atoms with Gasteiger partial charge >= 0.3 is 0 Å². The number of rotatable bonds is 3. The van der Waals surface area contributed by atoms with Crippen molar-refractivity contribution in [1.82, 2.24) is 9.97 Å². The van der Waals surface area contributed by atoms with Crippen molar-refractivity contribution in [1.29, 1.82) is 0 Å². The fourth-order valence-electron chi connectivity index (χ4n) is 8.68. The van der Waals surface area contributed by atoms with Crippen molar-refractivity contribution >= 4 is 67.2 Å². The summed E-state index contributed by atoms with van der Waals surface area (Å²) in [6.45, 7) is 0. The van der Waals surface area contributed by atoms with Gasteiger partial charge in [-0.05, 0) is 81.1 Å². The highest BCUT2D eigenvalue weighted by molar-refractivity contribution is 6.22. The Balaban J connectivity index is 1.20. The summed E-state index contributed by atoms with van der Waals surface area (Å²) in [4.78, 5) is 13.1. The lowest BCUT2D eigenvalue weighted by Crippen LogP contribution is -2.39. The number of fused-ring (bicyclic) bond motifs is 4. The zero-order chi connectivity index (χ0) is 31.8. The predicted octanol–water partition coefficient (Wildman–Crippen LogP) is 9.49. The Labute approximate surface area is 279 Å². The summed E-state index contributed by atoms with van der Waals surface area (Å²) < 4.78 is 13.2. The summed E-state index contributed by atoms with van der Waals surface area (Å²) in [5.41, 5.74) is 13.6. The topological polar surface area (TPSA) is 55.3 Å². The van der Waals surface area contributed by atoms with Crippen molar-refractivity contribution < 1.29 is 8.83 Å². The van der Waals surface area contributed by atoms with Gasteiger partial charge in [0.05, 0.1) is 11.7 Å². The molecule has 12 rings (SSSR count). The molecule has 0 saturated heterocycles. The molecule has 9 aromatic rings. The Morgan fingerprint density at radius 2 is 1.39 bits per heavy atom. The average molecular weight is 628 g/mol. The lowest BCUT2D eigenvalue weighted by molar-refractivity contribution is 0.662. The summed E-state index contributed by atoms with van der Waals surface area (Å²) in [6, 6.07) is 44.7. The van der Waals surface area contributed by atoms with Crippen molar-refractivity contribution in [3.8, 4) is 33.6 Å². The van der Waals surface area contributed by atoms with Crippen molar-refractivity contribution in [3.05, 3.63) is 143 Å². The van der Waals surface area contributed by atoms with E-state index >= 15 is 0 Å². The fraction of sp³-hybridized carbons (Fsp3) is 0.0455. The summed E-state index contributed by atoms with van der Waals surface area (Å²) in [7, 11) is 0. The molecule has 0 radical (unpaired) electrons. The number of nitrogens with zero attached hydrogens (tertiary/aromatic N) is 3. The van der Waals surface area contributed by atoms with Gasteiger partial charge < -0.3 is 13.7 Å². The van der Waals surface area contributed by atoms with E-state index in [-0.39, 0.29) is 6.04 Å². The lowest BCUT2D eigenvalue weighted by Gasteiger charge is -2.28. The smallest absolute Gasteiger partial charge is 0.196 e. The molecular weight excluding hydrogens is 603 g/mol. The van der Waals surface area contributed by atoms with Gasteiger partial charge in [0, 0.05) is 27.3 Å². The third kappa shape index (κ3) is 3.29. The standard InChI is InChI=1S/C44H25N3O2/c1-2-9-24(10-3-1)26-12-6-13-27(23-26)43-45-41-30-14-4-5-17-33(30)49-42(41)44(46-43)47-31-20-19-25-11-7-15-28-29-16-8-18-34-37(29)40-35(48-34)22-21-32(47)39(40)38(31)36(25)28/h1-19,21-23,31H,20H2. The number of anilines is 2. The third-order valence-corrected chi connectivity index (χ3v) is 10.7. The molecule has 0 spiro atoms. The van der Waals surface area contributed by atoms with Crippen LogP contribution in [0.5, 0.6) is 0 Å². The Morgan fingerprint density at radius 3 is 2.35 bits per heavy atom. The zero-order valence-corrected chi connectivity index (χ0v) is 26.1. The van der Waals surface area contributed by atoms with Gasteiger partial charge in [-0.1, -0.05) is 97.1 Å². The first-order valence-corrected chi connectivity index (χ1v) is 16.8. The van der Waals surface area contributed by atoms with E-state index in [1.165, 1.54) is 43.5 Å². The molecule has 1 atom stereocenters. The Morgan fingerprint density at radius 1 is 0.612 bits per heavy atom. The number of aromatic nitrogens is 2. The van der Waals surface area contributed by atoms with Crippen LogP contribution in [0.2, 0.25) is 0 Å². The molecule has 3 aromatic heterocycles. The Hall–Kier alpha value is -6.46. The van der Waals surface area contributed by atoms with E-state index in [1.54, 1.807) is 0 Å². The van der Waals surface area contributed by atoms with Crippen molar-refractivity contribution in [2.75, 3.05) is 4.90 Å². The minimum absolute atomic E-state index is 0.0170. The van der Waals surface area contributed by atoms with Gasteiger partial charge in [-0.25, -0.2) is 9.97 Å². The van der Waals surface area contributed by atoms with Crippen LogP contribution in [-0.4, -0.2) is 16.0 Å². The first kappa shape index (κ1) is 25.6. The van der Waals surface area contributed by atoms with Crippen LogP contribution < -0.4 is 15.3 Å². The number of hydrogen-bond donors (Lipinski definition) is 0. The summed E-state index contributed by atoms with van der Waals surface area (Å²) in [5.74, 6) is 1.46. The van der Waals surface area contributed by atoms with E-state index in [9.17, 15) is 0 Å². The molecule has 0 bridgehead atoms. The average Bonchev–Trinajstić information content (AvgIpc) is 3.81. The molecule has 0 saturated carbocycles. The molecule has 5 nitrogen and oxygen atoms in total. The van der Waals surface area contributed by atoms with E-state index < -0.39 is 0 Å². The van der Waals surface area contributed by atoms with E-state index in [4.69, 9.17) is 18.8 Å². The summed E-state index contributed by atoms with van der Waals surface area (Å²) in [6.07, 6.45) is 3.23. The molecule has 1 aliphatic heterocycles. The maximum atomic E-state index is 6.69. The van der Waals surface area contributed by atoms with Gasteiger partial charge in [-0.15, -0.1) is 0 Å². The second-order valence-electron chi connectivity index (χ2n) is 13.2. The zero-order valence-electron chi connectivity index (χ0n) is 26.1. The second kappa shape index (κ2) is 9.12. The van der Waals surface area contributed by atoms with E-state index in [0.717, 1.165) is 62.3 Å². The number of furan rings is 2. The number of hydrogen-bond acceptors (Lipinski definition) is 5. The Kier molecular flexibility index (Phi) is 4.76. The van der Waals surface area contributed by atoms with Crippen molar-refractivity contribution in [2.45, 2.75) is 12.5 Å². The molecule has 5 heteroatoms. The molecule has 3 aliphatic rings. The van der Waals surface area contributed by atoms with Crippen LogP contribution in [0.15, 0.2) is 136 Å². The minimum Gasteiger partial charge on any atom is -0.456 e. The minimum atomic E-state index is 0.0170. The maximum Gasteiger partial charge on any atom is 0.196 e. The van der Waals surface area contributed by atoms with Gasteiger partial charge in [-0.3, -0.25) is 0 Å². The van der Waals surface area contributed by atoms with Crippen LogP contribution in [0.3, 0.4) is 0 Å². The molecule has 49 heavy (non-hydrogen) atoms. The van der Waals surface area contributed by atoms with Crippen LogP contribution in [0.4, 0.5) is 11.5 Å². The molecule has 1 unspecified atom stereocenters. The van der Waals surface area contributed by atoms with Gasteiger partial charge in [0.15, 0.2) is 17.2 Å². The number of para-hydroxylation sites is 1. The van der Waals surface area contributed by atoms with Crippen LogP contribution >= 0.6 is 0 Å². The van der Waals surface area contributed by atoms with Crippen molar-refractivity contribution in [2.24, 2.45) is 0 Å². The van der Waals surface area contributed by atoms with E-state index in [1.807, 2.05) is 24.3 Å². The summed E-state index contributed by atoms with van der Waals surface area (Å²) in [5, 5.41) is 5.93. The highest BCUT2D eigenvalue weighted by Gasteiger charge is 2.42. The van der Waals surface area contributed by atoms with Crippen LogP contribution in [0.25, 0.3) is 89.3 Å².